The van der Waals surface area contributed by atoms with Crippen molar-refractivity contribution >= 4 is 27.0 Å². The third kappa shape index (κ3) is 2.15. The van der Waals surface area contributed by atoms with E-state index >= 15 is 0 Å². The summed E-state index contributed by atoms with van der Waals surface area (Å²) in [6.45, 7) is 0. The van der Waals surface area contributed by atoms with Crippen LogP contribution in [0.25, 0.3) is 11.0 Å². The second kappa shape index (κ2) is 4.49. The Morgan fingerprint density at radius 1 is 1.32 bits per heavy atom. The standard InChI is InChI=1S/C14H17BrN2O2/c1-16-11-6-9(13(18)5-8-3-4-8)10(15)7-12(11)17(2)14(16)19/h6-8,13,18H,3-5H2,1-2H3. The summed E-state index contributed by atoms with van der Waals surface area (Å²) in [5.74, 6) is 0.664. The third-order valence-electron chi connectivity index (χ3n) is 4.00. The van der Waals surface area contributed by atoms with Gasteiger partial charge < -0.3 is 5.11 Å². The second-order valence-corrected chi connectivity index (χ2v) is 6.31. The summed E-state index contributed by atoms with van der Waals surface area (Å²) in [4.78, 5) is 11.9. The van der Waals surface area contributed by atoms with Crippen molar-refractivity contribution in [1.29, 1.82) is 0 Å². The minimum absolute atomic E-state index is 0.0456. The van der Waals surface area contributed by atoms with Crippen molar-refractivity contribution in [2.75, 3.05) is 0 Å². The molecule has 1 fully saturated rings. The Bertz CT molecular complexity index is 698. The van der Waals surface area contributed by atoms with Gasteiger partial charge in [0.2, 0.25) is 0 Å². The van der Waals surface area contributed by atoms with Crippen LogP contribution in [0.4, 0.5) is 0 Å². The highest BCUT2D eigenvalue weighted by atomic mass is 79.9. The molecule has 4 nitrogen and oxygen atoms in total. The van der Waals surface area contributed by atoms with E-state index in [9.17, 15) is 9.90 Å². The number of aromatic nitrogens is 2. The smallest absolute Gasteiger partial charge is 0.328 e. The number of halogens is 1. The van der Waals surface area contributed by atoms with Crippen LogP contribution in [0, 0.1) is 5.92 Å². The lowest BCUT2D eigenvalue weighted by molar-refractivity contribution is 0.160. The lowest BCUT2D eigenvalue weighted by Gasteiger charge is -2.13. The molecule has 102 valence electrons. The van der Waals surface area contributed by atoms with Crippen molar-refractivity contribution in [3.63, 3.8) is 0 Å². The van der Waals surface area contributed by atoms with Crippen molar-refractivity contribution in [3.8, 4) is 0 Å². The Balaban J connectivity index is 2.12. The maximum absolute atomic E-state index is 11.9. The van der Waals surface area contributed by atoms with Crippen LogP contribution < -0.4 is 5.69 Å². The van der Waals surface area contributed by atoms with E-state index in [0.29, 0.717) is 5.92 Å². The van der Waals surface area contributed by atoms with E-state index < -0.39 is 6.10 Å². The zero-order chi connectivity index (χ0) is 13.7. The molecule has 5 heteroatoms. The first-order chi connectivity index (χ1) is 8.99. The van der Waals surface area contributed by atoms with Crippen molar-refractivity contribution in [1.82, 2.24) is 9.13 Å². The summed E-state index contributed by atoms with van der Waals surface area (Å²) in [7, 11) is 3.52. The molecule has 0 bridgehead atoms. The van der Waals surface area contributed by atoms with Crippen LogP contribution in [-0.2, 0) is 14.1 Å². The molecule has 2 aromatic rings. The molecule has 1 N–H and O–H groups in total. The molecular formula is C14H17BrN2O2. The number of imidazole rings is 1. The largest absolute Gasteiger partial charge is 0.388 e. The lowest BCUT2D eigenvalue weighted by atomic mass is 10.0. The molecule has 1 atom stereocenters. The summed E-state index contributed by atoms with van der Waals surface area (Å²) in [5.41, 5.74) is 2.57. The van der Waals surface area contributed by atoms with E-state index in [2.05, 4.69) is 15.9 Å². The molecule has 1 aromatic heterocycles. The Hall–Kier alpha value is -1.07. The monoisotopic (exact) mass is 324 g/mol. The van der Waals surface area contributed by atoms with E-state index in [1.54, 1.807) is 23.2 Å². The van der Waals surface area contributed by atoms with Gasteiger partial charge in [-0.05, 0) is 30.0 Å². The topological polar surface area (TPSA) is 47.2 Å². The lowest BCUT2D eigenvalue weighted by Crippen LogP contribution is -2.19. The fourth-order valence-electron chi connectivity index (χ4n) is 2.59. The SMILES string of the molecule is Cn1c(=O)n(C)c2cc(C(O)CC3CC3)c(Br)cc21. The number of fused-ring (bicyclic) bond motifs is 1. The molecule has 1 aromatic carbocycles. The zero-order valence-electron chi connectivity index (χ0n) is 11.1. The van der Waals surface area contributed by atoms with Crippen molar-refractivity contribution in [2.45, 2.75) is 25.4 Å². The summed E-state index contributed by atoms with van der Waals surface area (Å²) < 4.78 is 4.11. The molecule has 3 rings (SSSR count). The Labute approximate surface area is 119 Å². The van der Waals surface area contributed by atoms with E-state index in [0.717, 1.165) is 27.5 Å². The molecule has 0 aliphatic heterocycles. The highest BCUT2D eigenvalue weighted by Gasteiger charge is 2.26. The van der Waals surface area contributed by atoms with Gasteiger partial charge in [-0.25, -0.2) is 4.79 Å². The van der Waals surface area contributed by atoms with Crippen molar-refractivity contribution in [3.05, 3.63) is 32.7 Å². The quantitative estimate of drug-likeness (QED) is 0.942. The molecule has 1 saturated carbocycles. The fraction of sp³-hybridized carbons (Fsp3) is 0.500. The van der Waals surface area contributed by atoms with E-state index in [4.69, 9.17) is 0 Å². The van der Waals surface area contributed by atoms with Gasteiger partial charge in [0.1, 0.15) is 0 Å². The number of aliphatic hydroxyl groups is 1. The highest BCUT2D eigenvalue weighted by Crippen LogP contribution is 2.39. The van der Waals surface area contributed by atoms with Crippen LogP contribution in [0.15, 0.2) is 21.4 Å². The van der Waals surface area contributed by atoms with Gasteiger partial charge in [-0.3, -0.25) is 9.13 Å². The molecule has 1 aliphatic rings. The van der Waals surface area contributed by atoms with E-state index in [1.807, 2.05) is 12.1 Å². The number of benzene rings is 1. The number of aliphatic hydroxyl groups excluding tert-OH is 1. The maximum atomic E-state index is 11.9. The predicted octanol–water partition coefficient (Wildman–Crippen LogP) is 2.47. The fourth-order valence-corrected chi connectivity index (χ4v) is 3.18. The Morgan fingerprint density at radius 3 is 2.47 bits per heavy atom. The van der Waals surface area contributed by atoms with Gasteiger partial charge >= 0.3 is 5.69 Å². The van der Waals surface area contributed by atoms with Crippen LogP contribution in [0.5, 0.6) is 0 Å². The van der Waals surface area contributed by atoms with Crippen LogP contribution in [-0.4, -0.2) is 14.2 Å². The molecule has 1 unspecified atom stereocenters. The molecule has 1 heterocycles. The molecule has 0 radical (unpaired) electrons. The van der Waals surface area contributed by atoms with Crippen LogP contribution in [0.2, 0.25) is 0 Å². The minimum atomic E-state index is -0.457. The molecule has 19 heavy (non-hydrogen) atoms. The Morgan fingerprint density at radius 2 is 1.89 bits per heavy atom. The van der Waals surface area contributed by atoms with Gasteiger partial charge in [0.25, 0.3) is 0 Å². The number of aryl methyl sites for hydroxylation is 2. The van der Waals surface area contributed by atoms with Gasteiger partial charge in [0.05, 0.1) is 17.1 Å². The summed E-state index contributed by atoms with van der Waals surface area (Å²) in [6.07, 6.45) is 2.80. The average molecular weight is 325 g/mol. The van der Waals surface area contributed by atoms with E-state index in [1.165, 1.54) is 12.8 Å². The minimum Gasteiger partial charge on any atom is -0.388 e. The molecule has 1 aliphatic carbocycles. The Kier molecular flexibility index (Phi) is 3.06. The van der Waals surface area contributed by atoms with Crippen LogP contribution >= 0.6 is 15.9 Å². The molecule has 0 spiro atoms. The van der Waals surface area contributed by atoms with Gasteiger partial charge in [-0.15, -0.1) is 0 Å². The van der Waals surface area contributed by atoms with Crippen molar-refractivity contribution < 1.29 is 5.11 Å². The third-order valence-corrected chi connectivity index (χ3v) is 4.69. The molecule has 0 amide bonds. The molecular weight excluding hydrogens is 308 g/mol. The number of hydrogen-bond acceptors (Lipinski definition) is 2. The first kappa shape index (κ1) is 12.9. The second-order valence-electron chi connectivity index (χ2n) is 5.46. The van der Waals surface area contributed by atoms with E-state index in [-0.39, 0.29) is 5.69 Å². The summed E-state index contributed by atoms with van der Waals surface area (Å²) >= 11 is 3.51. The summed E-state index contributed by atoms with van der Waals surface area (Å²) in [6, 6.07) is 3.84. The maximum Gasteiger partial charge on any atom is 0.328 e. The molecule has 0 saturated heterocycles. The van der Waals surface area contributed by atoms with Gasteiger partial charge in [0, 0.05) is 18.6 Å². The van der Waals surface area contributed by atoms with Gasteiger partial charge in [-0.1, -0.05) is 28.8 Å². The van der Waals surface area contributed by atoms with Crippen LogP contribution in [0.1, 0.15) is 30.9 Å². The first-order valence-electron chi connectivity index (χ1n) is 6.52. The number of rotatable bonds is 3. The highest BCUT2D eigenvalue weighted by molar-refractivity contribution is 9.10. The normalized spacial score (nSPS) is 17.1. The summed E-state index contributed by atoms with van der Waals surface area (Å²) in [5, 5.41) is 10.3. The predicted molar refractivity (Wildman–Crippen MR) is 78.2 cm³/mol. The number of nitrogens with zero attached hydrogens (tertiary/aromatic N) is 2. The van der Waals surface area contributed by atoms with Gasteiger partial charge in [0.15, 0.2) is 0 Å². The van der Waals surface area contributed by atoms with Gasteiger partial charge in [-0.2, -0.15) is 0 Å². The zero-order valence-corrected chi connectivity index (χ0v) is 12.6. The first-order valence-corrected chi connectivity index (χ1v) is 7.31. The van der Waals surface area contributed by atoms with Crippen LogP contribution in [0.3, 0.4) is 0 Å². The average Bonchev–Trinajstić information content (AvgIpc) is 3.16. The van der Waals surface area contributed by atoms with Crippen molar-refractivity contribution in [2.24, 2.45) is 20.0 Å². The number of hydrogen-bond donors (Lipinski definition) is 1.